The summed E-state index contributed by atoms with van der Waals surface area (Å²) in [6.45, 7) is 0. The quantitative estimate of drug-likeness (QED) is 0.584. The van der Waals surface area contributed by atoms with E-state index in [0.717, 1.165) is 0 Å². The third kappa shape index (κ3) is 1.25. The van der Waals surface area contributed by atoms with Gasteiger partial charge < -0.3 is 0 Å². The molecule has 0 unspecified atom stereocenters. The van der Waals surface area contributed by atoms with Crippen molar-refractivity contribution in [1.82, 2.24) is 0 Å². The molecule has 1 aromatic rings. The van der Waals surface area contributed by atoms with Gasteiger partial charge in [0.15, 0.2) is 0 Å². The third-order valence-electron chi connectivity index (χ3n) is 5.69. The lowest BCUT2D eigenvalue weighted by molar-refractivity contribution is -0.127. The van der Waals surface area contributed by atoms with Crippen LogP contribution in [0.1, 0.15) is 0 Å². The number of para-hydroxylation sites is 1. The molecule has 0 N–H and O–H groups in total. The highest BCUT2D eigenvalue weighted by Gasteiger charge is 2.62. The van der Waals surface area contributed by atoms with Gasteiger partial charge in [-0.2, -0.15) is 0 Å². The fourth-order valence-electron chi connectivity index (χ4n) is 4.72. The monoisotopic (exact) mass is 277 g/mol. The Hall–Kier alpha value is -2.16. The van der Waals surface area contributed by atoms with Crippen molar-refractivity contribution in [2.24, 2.45) is 35.5 Å². The molecule has 4 aliphatic carbocycles. The second-order valence-corrected chi connectivity index (χ2v) is 6.48. The molecule has 104 valence electrons. The van der Waals surface area contributed by atoms with E-state index in [2.05, 4.69) is 24.3 Å². The van der Waals surface area contributed by atoms with Gasteiger partial charge in [0.2, 0.25) is 11.8 Å². The van der Waals surface area contributed by atoms with Gasteiger partial charge in [0, 0.05) is 0 Å². The van der Waals surface area contributed by atoms with Crippen molar-refractivity contribution in [2.75, 3.05) is 4.90 Å². The average Bonchev–Trinajstić information content (AvgIpc) is 2.73. The summed E-state index contributed by atoms with van der Waals surface area (Å²) in [4.78, 5) is 27.2. The first-order chi connectivity index (χ1) is 10.3. The molecule has 3 nitrogen and oxygen atoms in total. The highest BCUT2D eigenvalue weighted by atomic mass is 16.2. The van der Waals surface area contributed by atoms with E-state index in [1.54, 1.807) is 0 Å². The fourth-order valence-corrected chi connectivity index (χ4v) is 4.72. The van der Waals surface area contributed by atoms with E-state index in [9.17, 15) is 9.59 Å². The summed E-state index contributed by atoms with van der Waals surface area (Å²) < 4.78 is 0. The van der Waals surface area contributed by atoms with Crippen molar-refractivity contribution in [3.8, 4) is 0 Å². The van der Waals surface area contributed by atoms with Crippen LogP contribution in [-0.2, 0) is 9.59 Å². The molecule has 1 saturated carbocycles. The molecular weight excluding hydrogens is 262 g/mol. The van der Waals surface area contributed by atoms with E-state index in [4.69, 9.17) is 0 Å². The number of anilines is 1. The number of allylic oxidation sites excluding steroid dienone is 4. The molecule has 1 saturated heterocycles. The van der Waals surface area contributed by atoms with Crippen molar-refractivity contribution >= 4 is 17.5 Å². The zero-order valence-corrected chi connectivity index (χ0v) is 11.4. The van der Waals surface area contributed by atoms with Gasteiger partial charge >= 0.3 is 0 Å². The van der Waals surface area contributed by atoms with Crippen LogP contribution >= 0.6 is 0 Å². The summed E-state index contributed by atoms with van der Waals surface area (Å²) in [7, 11) is 0. The molecule has 1 aromatic carbocycles. The molecule has 5 aliphatic rings. The summed E-state index contributed by atoms with van der Waals surface area (Å²) in [6.07, 6.45) is 8.78. The highest BCUT2D eigenvalue weighted by molar-refractivity contribution is 6.22. The van der Waals surface area contributed by atoms with Crippen molar-refractivity contribution < 1.29 is 9.59 Å². The van der Waals surface area contributed by atoms with E-state index in [1.165, 1.54) is 4.90 Å². The van der Waals surface area contributed by atoms with Crippen LogP contribution in [0.25, 0.3) is 0 Å². The smallest absolute Gasteiger partial charge is 0.238 e. The lowest BCUT2D eigenvalue weighted by Gasteiger charge is -2.51. The minimum atomic E-state index is -0.154. The Morgan fingerprint density at radius 3 is 1.62 bits per heavy atom. The van der Waals surface area contributed by atoms with Gasteiger partial charge in [0.1, 0.15) is 0 Å². The third-order valence-corrected chi connectivity index (χ3v) is 5.69. The van der Waals surface area contributed by atoms with E-state index in [-0.39, 0.29) is 35.5 Å². The van der Waals surface area contributed by atoms with Gasteiger partial charge in [-0.05, 0) is 35.8 Å². The normalized spacial score (nSPS) is 42.0. The van der Waals surface area contributed by atoms with Crippen molar-refractivity contribution in [1.29, 1.82) is 0 Å². The Morgan fingerprint density at radius 1 is 0.667 bits per heavy atom. The molecule has 21 heavy (non-hydrogen) atoms. The first kappa shape index (κ1) is 11.5. The minimum absolute atomic E-state index is 0.00528. The zero-order chi connectivity index (χ0) is 14.1. The Morgan fingerprint density at radius 2 is 1.14 bits per heavy atom. The second-order valence-electron chi connectivity index (χ2n) is 6.48. The van der Waals surface area contributed by atoms with Gasteiger partial charge in [-0.25, -0.2) is 0 Å². The van der Waals surface area contributed by atoms with Crippen LogP contribution in [0.15, 0.2) is 54.6 Å². The maximum Gasteiger partial charge on any atom is 0.238 e. The minimum Gasteiger partial charge on any atom is -0.274 e. The topological polar surface area (TPSA) is 37.4 Å². The fraction of sp³-hybridized carbons (Fsp3) is 0.333. The molecule has 0 radical (unpaired) electrons. The zero-order valence-electron chi connectivity index (χ0n) is 11.4. The van der Waals surface area contributed by atoms with E-state index < -0.39 is 0 Å². The molecule has 2 bridgehead atoms. The number of amides is 2. The molecule has 6 rings (SSSR count). The predicted octanol–water partition coefficient (Wildman–Crippen LogP) is 2.41. The number of imide groups is 1. The number of rotatable bonds is 1. The predicted molar refractivity (Wildman–Crippen MR) is 78.2 cm³/mol. The molecule has 2 amide bonds. The van der Waals surface area contributed by atoms with Crippen LogP contribution in [-0.4, -0.2) is 11.8 Å². The standard InChI is InChI=1S/C18H15NO2/c20-17-15-13-8-9-14(12-7-6-11(12)13)16(15)18(21)19(17)10-4-2-1-3-5-10/h1-9,11-16H/t11-,12-,13-,14+,15-,16+/m0/s1. The van der Waals surface area contributed by atoms with Gasteiger partial charge in [-0.3, -0.25) is 14.5 Å². The molecule has 1 aliphatic heterocycles. The van der Waals surface area contributed by atoms with E-state index in [0.29, 0.717) is 17.5 Å². The molecule has 2 fully saturated rings. The highest BCUT2D eigenvalue weighted by Crippen LogP contribution is 2.58. The Bertz CT molecular complexity index is 665. The van der Waals surface area contributed by atoms with Crippen molar-refractivity contribution in [3.63, 3.8) is 0 Å². The summed E-state index contributed by atoms with van der Waals surface area (Å²) in [6, 6.07) is 9.33. The SMILES string of the molecule is O=C1[C@@H]2[C@@H]3C=C[C@@H]([C@H]4C=C[C@@H]43)[C@@H]2C(=O)N1c1ccccc1. The summed E-state index contributed by atoms with van der Waals surface area (Å²) in [5.41, 5.74) is 0.710. The molecule has 3 heteroatoms. The first-order valence-corrected chi connectivity index (χ1v) is 7.57. The number of nitrogens with zero attached hydrogens (tertiary/aromatic N) is 1. The van der Waals surface area contributed by atoms with Crippen LogP contribution in [0.2, 0.25) is 0 Å². The number of carbonyl (C=O) groups excluding carboxylic acids is 2. The van der Waals surface area contributed by atoms with Gasteiger partial charge in [-0.15, -0.1) is 0 Å². The maximum absolute atomic E-state index is 12.9. The lowest BCUT2D eigenvalue weighted by Crippen LogP contribution is -2.50. The first-order valence-electron chi connectivity index (χ1n) is 7.57. The van der Waals surface area contributed by atoms with Gasteiger partial charge in [0.25, 0.3) is 0 Å². The molecule has 6 atom stereocenters. The number of carbonyl (C=O) groups is 2. The van der Waals surface area contributed by atoms with E-state index in [1.807, 2.05) is 30.3 Å². The van der Waals surface area contributed by atoms with Crippen LogP contribution in [0, 0.1) is 35.5 Å². The Balaban J connectivity index is 1.61. The number of hydrogen-bond donors (Lipinski definition) is 0. The van der Waals surface area contributed by atoms with Crippen LogP contribution < -0.4 is 4.90 Å². The molecule has 1 heterocycles. The largest absolute Gasteiger partial charge is 0.274 e. The molecular formula is C18H15NO2. The average molecular weight is 277 g/mol. The van der Waals surface area contributed by atoms with Crippen LogP contribution in [0.4, 0.5) is 5.69 Å². The number of benzene rings is 1. The number of hydrogen-bond acceptors (Lipinski definition) is 2. The molecule has 0 spiro atoms. The van der Waals surface area contributed by atoms with E-state index >= 15 is 0 Å². The lowest BCUT2D eigenvalue weighted by atomic mass is 9.50. The second kappa shape index (κ2) is 3.73. The van der Waals surface area contributed by atoms with Crippen LogP contribution in [0.5, 0.6) is 0 Å². The van der Waals surface area contributed by atoms with Crippen LogP contribution in [0.3, 0.4) is 0 Å². The summed E-state index contributed by atoms with van der Waals surface area (Å²) in [5.74, 6) is 1.03. The van der Waals surface area contributed by atoms with Gasteiger partial charge in [-0.1, -0.05) is 42.5 Å². The Kier molecular flexibility index (Phi) is 2.04. The van der Waals surface area contributed by atoms with Crippen molar-refractivity contribution in [2.45, 2.75) is 0 Å². The Labute approximate surface area is 122 Å². The molecule has 0 aromatic heterocycles. The summed E-state index contributed by atoms with van der Waals surface area (Å²) >= 11 is 0. The van der Waals surface area contributed by atoms with Crippen molar-refractivity contribution in [3.05, 3.63) is 54.6 Å². The van der Waals surface area contributed by atoms with Gasteiger partial charge in [0.05, 0.1) is 17.5 Å². The summed E-state index contributed by atoms with van der Waals surface area (Å²) in [5, 5.41) is 0. The maximum atomic E-state index is 12.9.